The molecule has 0 aliphatic carbocycles. The predicted octanol–water partition coefficient (Wildman–Crippen LogP) is 3.35. The van der Waals surface area contributed by atoms with Crippen LogP contribution in [0.1, 0.15) is 46.4 Å². The van der Waals surface area contributed by atoms with Gasteiger partial charge in [0, 0.05) is 6.04 Å². The standard InChI is InChI=1S/C19H23NO4S/c1-4-18(16-9-5-14(2)6-10-16)20-25(22,23)13-15-7-11-17(12-8-15)19(21)24-3/h5-12,18,20H,4,13H2,1-3H3. The highest BCUT2D eigenvalue weighted by molar-refractivity contribution is 7.88. The molecule has 25 heavy (non-hydrogen) atoms. The van der Waals surface area contributed by atoms with E-state index in [0.717, 1.165) is 11.1 Å². The summed E-state index contributed by atoms with van der Waals surface area (Å²) in [6, 6.07) is 13.9. The van der Waals surface area contributed by atoms with Crippen molar-refractivity contribution in [2.75, 3.05) is 7.11 Å². The lowest BCUT2D eigenvalue weighted by Gasteiger charge is -2.18. The van der Waals surface area contributed by atoms with Crippen LogP contribution in [0.3, 0.4) is 0 Å². The number of aryl methyl sites for hydroxylation is 1. The Bertz CT molecular complexity index is 812. The first-order valence-corrected chi connectivity index (χ1v) is 9.73. The molecule has 0 aliphatic rings. The van der Waals surface area contributed by atoms with Crippen LogP contribution in [0.15, 0.2) is 48.5 Å². The summed E-state index contributed by atoms with van der Waals surface area (Å²) in [6.07, 6.45) is 0.656. The first-order chi connectivity index (χ1) is 11.8. The quantitative estimate of drug-likeness (QED) is 0.768. The SMILES string of the molecule is CCC(NS(=O)(=O)Cc1ccc(C(=O)OC)cc1)c1ccc(C)cc1. The van der Waals surface area contributed by atoms with Crippen LogP contribution in [0.5, 0.6) is 0 Å². The van der Waals surface area contributed by atoms with Crippen molar-refractivity contribution in [1.82, 2.24) is 4.72 Å². The van der Waals surface area contributed by atoms with Gasteiger partial charge in [0.25, 0.3) is 0 Å². The molecular weight excluding hydrogens is 338 g/mol. The van der Waals surface area contributed by atoms with Crippen molar-refractivity contribution in [3.63, 3.8) is 0 Å². The predicted molar refractivity (Wildman–Crippen MR) is 97.8 cm³/mol. The molecule has 0 heterocycles. The van der Waals surface area contributed by atoms with E-state index in [1.807, 2.05) is 38.1 Å². The van der Waals surface area contributed by atoms with E-state index in [4.69, 9.17) is 0 Å². The van der Waals surface area contributed by atoms with Gasteiger partial charge >= 0.3 is 5.97 Å². The van der Waals surface area contributed by atoms with Crippen LogP contribution in [0, 0.1) is 6.92 Å². The van der Waals surface area contributed by atoms with Crippen molar-refractivity contribution in [2.45, 2.75) is 32.1 Å². The number of esters is 1. The molecule has 5 nitrogen and oxygen atoms in total. The van der Waals surface area contributed by atoms with Crippen LogP contribution in [0.4, 0.5) is 0 Å². The fraction of sp³-hybridized carbons (Fsp3) is 0.316. The van der Waals surface area contributed by atoms with Gasteiger partial charge in [-0.15, -0.1) is 0 Å². The molecule has 6 heteroatoms. The van der Waals surface area contributed by atoms with Crippen LogP contribution in [-0.4, -0.2) is 21.5 Å². The van der Waals surface area contributed by atoms with E-state index in [9.17, 15) is 13.2 Å². The Labute approximate surface area is 149 Å². The molecule has 2 aromatic carbocycles. The van der Waals surface area contributed by atoms with E-state index >= 15 is 0 Å². The van der Waals surface area contributed by atoms with Gasteiger partial charge in [-0.25, -0.2) is 17.9 Å². The van der Waals surface area contributed by atoms with E-state index < -0.39 is 16.0 Å². The molecule has 2 rings (SSSR count). The number of rotatable bonds is 7. The summed E-state index contributed by atoms with van der Waals surface area (Å²) in [6.45, 7) is 3.94. The molecule has 0 amide bonds. The number of sulfonamides is 1. The Morgan fingerprint density at radius 2 is 1.68 bits per heavy atom. The minimum atomic E-state index is -3.51. The summed E-state index contributed by atoms with van der Waals surface area (Å²) < 4.78 is 32.4. The lowest BCUT2D eigenvalue weighted by Crippen LogP contribution is -2.29. The van der Waals surface area contributed by atoms with E-state index in [0.29, 0.717) is 17.5 Å². The summed E-state index contributed by atoms with van der Waals surface area (Å²) >= 11 is 0. The Kier molecular flexibility index (Phi) is 6.33. The molecule has 0 spiro atoms. The highest BCUT2D eigenvalue weighted by Crippen LogP contribution is 2.19. The summed E-state index contributed by atoms with van der Waals surface area (Å²) in [5.74, 6) is -0.588. The molecule has 134 valence electrons. The van der Waals surface area contributed by atoms with Crippen molar-refractivity contribution >= 4 is 16.0 Å². The first kappa shape index (κ1) is 19.1. The molecule has 0 saturated heterocycles. The largest absolute Gasteiger partial charge is 0.465 e. The average molecular weight is 361 g/mol. The van der Waals surface area contributed by atoms with Gasteiger partial charge in [0.2, 0.25) is 10.0 Å². The maximum atomic E-state index is 12.5. The Balaban J connectivity index is 2.09. The zero-order valence-electron chi connectivity index (χ0n) is 14.7. The second kappa shape index (κ2) is 8.27. The van der Waals surface area contributed by atoms with Gasteiger partial charge in [0.15, 0.2) is 0 Å². The maximum Gasteiger partial charge on any atom is 0.337 e. The third-order valence-corrected chi connectivity index (χ3v) is 5.30. The monoisotopic (exact) mass is 361 g/mol. The second-order valence-corrected chi connectivity index (χ2v) is 7.69. The second-order valence-electron chi connectivity index (χ2n) is 5.94. The Morgan fingerprint density at radius 1 is 1.08 bits per heavy atom. The molecule has 1 atom stereocenters. The van der Waals surface area contributed by atoms with E-state index in [1.165, 1.54) is 7.11 Å². The van der Waals surface area contributed by atoms with E-state index in [1.54, 1.807) is 24.3 Å². The third kappa shape index (κ3) is 5.41. The molecule has 0 aromatic heterocycles. The summed E-state index contributed by atoms with van der Waals surface area (Å²) in [7, 11) is -2.20. The normalized spacial score (nSPS) is 12.6. The van der Waals surface area contributed by atoms with Crippen LogP contribution < -0.4 is 4.72 Å². The molecule has 1 unspecified atom stereocenters. The van der Waals surface area contributed by atoms with Gasteiger partial charge in [-0.1, -0.05) is 48.9 Å². The van der Waals surface area contributed by atoms with Crippen molar-refractivity contribution < 1.29 is 17.9 Å². The Hall–Kier alpha value is -2.18. The van der Waals surface area contributed by atoms with Gasteiger partial charge in [0.05, 0.1) is 18.4 Å². The first-order valence-electron chi connectivity index (χ1n) is 8.08. The molecule has 0 radical (unpaired) electrons. The summed E-state index contributed by atoms with van der Waals surface area (Å²) in [5.41, 5.74) is 3.08. The Morgan fingerprint density at radius 3 is 2.20 bits per heavy atom. The average Bonchev–Trinajstić information content (AvgIpc) is 2.60. The van der Waals surface area contributed by atoms with E-state index in [2.05, 4.69) is 9.46 Å². The fourth-order valence-corrected chi connectivity index (χ4v) is 3.97. The summed E-state index contributed by atoms with van der Waals surface area (Å²) in [4.78, 5) is 11.4. The molecule has 2 aromatic rings. The number of ether oxygens (including phenoxy) is 1. The smallest absolute Gasteiger partial charge is 0.337 e. The number of hydrogen-bond donors (Lipinski definition) is 1. The van der Waals surface area contributed by atoms with Gasteiger partial charge in [0.1, 0.15) is 0 Å². The van der Waals surface area contributed by atoms with Crippen molar-refractivity contribution in [1.29, 1.82) is 0 Å². The zero-order chi connectivity index (χ0) is 18.4. The van der Waals surface area contributed by atoms with Crippen LogP contribution >= 0.6 is 0 Å². The summed E-state index contributed by atoms with van der Waals surface area (Å²) in [5, 5.41) is 0. The molecule has 0 saturated carbocycles. The number of carbonyl (C=O) groups excluding carboxylic acids is 1. The molecular formula is C19H23NO4S. The number of hydrogen-bond acceptors (Lipinski definition) is 4. The van der Waals surface area contributed by atoms with E-state index in [-0.39, 0.29) is 11.8 Å². The number of carbonyl (C=O) groups is 1. The minimum Gasteiger partial charge on any atom is -0.465 e. The van der Waals surface area contributed by atoms with Crippen molar-refractivity contribution in [2.24, 2.45) is 0 Å². The topological polar surface area (TPSA) is 72.5 Å². The molecule has 1 N–H and O–H groups in total. The highest BCUT2D eigenvalue weighted by atomic mass is 32.2. The molecule has 0 aliphatic heterocycles. The molecule has 0 fully saturated rings. The molecule has 0 bridgehead atoms. The number of methoxy groups -OCH3 is 1. The maximum absolute atomic E-state index is 12.5. The van der Waals surface area contributed by atoms with Gasteiger partial charge in [-0.05, 0) is 36.6 Å². The minimum absolute atomic E-state index is 0.142. The van der Waals surface area contributed by atoms with Crippen LogP contribution in [0.2, 0.25) is 0 Å². The van der Waals surface area contributed by atoms with Gasteiger partial charge < -0.3 is 4.74 Å². The van der Waals surface area contributed by atoms with Gasteiger partial charge in [-0.2, -0.15) is 0 Å². The van der Waals surface area contributed by atoms with Crippen molar-refractivity contribution in [3.8, 4) is 0 Å². The lowest BCUT2D eigenvalue weighted by molar-refractivity contribution is 0.0600. The van der Waals surface area contributed by atoms with Crippen molar-refractivity contribution in [3.05, 3.63) is 70.8 Å². The third-order valence-electron chi connectivity index (χ3n) is 3.94. The fourth-order valence-electron chi connectivity index (χ4n) is 2.52. The van der Waals surface area contributed by atoms with Crippen LogP contribution in [-0.2, 0) is 20.5 Å². The number of nitrogens with one attached hydrogen (secondary N) is 1. The van der Waals surface area contributed by atoms with Crippen LogP contribution in [0.25, 0.3) is 0 Å². The number of benzene rings is 2. The zero-order valence-corrected chi connectivity index (χ0v) is 15.5. The van der Waals surface area contributed by atoms with Gasteiger partial charge in [-0.3, -0.25) is 0 Å². The lowest BCUT2D eigenvalue weighted by atomic mass is 10.0. The highest BCUT2D eigenvalue weighted by Gasteiger charge is 2.19.